The van der Waals surface area contributed by atoms with Gasteiger partial charge < -0.3 is 24.5 Å². The highest BCUT2D eigenvalue weighted by Gasteiger charge is 2.33. The van der Waals surface area contributed by atoms with Gasteiger partial charge in [0.05, 0.1) is 32.0 Å². The van der Waals surface area contributed by atoms with Gasteiger partial charge in [0, 0.05) is 37.1 Å². The number of hydrogen-bond acceptors (Lipinski definition) is 7. The summed E-state index contributed by atoms with van der Waals surface area (Å²) in [6.07, 6.45) is 3.20. The molecule has 1 amide bonds. The monoisotopic (exact) mass is 468 g/mol. The van der Waals surface area contributed by atoms with Crippen molar-refractivity contribution in [3.05, 3.63) is 81.0 Å². The van der Waals surface area contributed by atoms with E-state index >= 15 is 0 Å². The lowest BCUT2D eigenvalue weighted by atomic mass is 10.1. The molecule has 0 radical (unpaired) electrons. The summed E-state index contributed by atoms with van der Waals surface area (Å²) >= 11 is 0. The van der Waals surface area contributed by atoms with Crippen molar-refractivity contribution in [2.75, 3.05) is 42.8 Å². The van der Waals surface area contributed by atoms with Gasteiger partial charge in [0.1, 0.15) is 18.3 Å². The SMILES string of the molecule is O=C(Cc1nc(N2CCOCC2)cc(=O)[nH]1)N1c2ccccc2CC1CF.O=c1ccnc[nH]1. The lowest BCUT2D eigenvalue weighted by Crippen LogP contribution is -2.41. The number of aromatic nitrogens is 4. The molecule has 1 saturated heterocycles. The molecule has 10 nitrogen and oxygen atoms in total. The molecule has 11 heteroatoms. The number of rotatable bonds is 4. The Kier molecular flexibility index (Phi) is 7.43. The molecule has 2 aromatic heterocycles. The maximum absolute atomic E-state index is 13.5. The zero-order chi connectivity index (χ0) is 23.9. The number of alkyl halides is 1. The van der Waals surface area contributed by atoms with E-state index in [2.05, 4.69) is 19.9 Å². The summed E-state index contributed by atoms with van der Waals surface area (Å²) in [4.78, 5) is 51.6. The largest absolute Gasteiger partial charge is 0.378 e. The van der Waals surface area contributed by atoms with Crippen LogP contribution in [0.4, 0.5) is 15.9 Å². The Morgan fingerprint density at radius 2 is 1.94 bits per heavy atom. The van der Waals surface area contributed by atoms with E-state index in [1.165, 1.54) is 29.6 Å². The van der Waals surface area contributed by atoms with Gasteiger partial charge in [-0.3, -0.25) is 14.4 Å². The van der Waals surface area contributed by atoms with Crippen LogP contribution in [0, 0.1) is 0 Å². The summed E-state index contributed by atoms with van der Waals surface area (Å²) in [6.45, 7) is 1.83. The highest BCUT2D eigenvalue weighted by molar-refractivity contribution is 5.97. The van der Waals surface area contributed by atoms with E-state index < -0.39 is 12.7 Å². The van der Waals surface area contributed by atoms with Crippen LogP contribution in [0.2, 0.25) is 0 Å². The summed E-state index contributed by atoms with van der Waals surface area (Å²) in [5.74, 6) is 0.551. The molecule has 178 valence electrons. The molecule has 0 spiro atoms. The van der Waals surface area contributed by atoms with Gasteiger partial charge in [-0.2, -0.15) is 0 Å². The number of hydrogen-bond donors (Lipinski definition) is 2. The zero-order valence-corrected chi connectivity index (χ0v) is 18.4. The molecule has 0 saturated carbocycles. The van der Waals surface area contributed by atoms with Crippen LogP contribution in [0.1, 0.15) is 11.4 Å². The number of benzene rings is 1. The van der Waals surface area contributed by atoms with Gasteiger partial charge in [-0.15, -0.1) is 0 Å². The molecule has 1 atom stereocenters. The minimum atomic E-state index is -0.613. The number of ether oxygens (including phenoxy) is 1. The first-order valence-electron chi connectivity index (χ1n) is 10.9. The van der Waals surface area contributed by atoms with Crippen LogP contribution < -0.4 is 20.9 Å². The first-order valence-corrected chi connectivity index (χ1v) is 10.9. The fourth-order valence-electron chi connectivity index (χ4n) is 3.99. The number of aromatic amines is 2. The van der Waals surface area contributed by atoms with E-state index in [1.807, 2.05) is 29.2 Å². The molecule has 3 aromatic rings. The highest BCUT2D eigenvalue weighted by atomic mass is 19.1. The molecular formula is C23H25FN6O4. The van der Waals surface area contributed by atoms with Gasteiger partial charge in [-0.05, 0) is 18.1 Å². The summed E-state index contributed by atoms with van der Waals surface area (Å²) in [5, 5.41) is 0. The number of nitrogens with zero attached hydrogens (tertiary/aromatic N) is 4. The molecule has 2 aliphatic rings. The average molecular weight is 468 g/mol. The minimum Gasteiger partial charge on any atom is -0.378 e. The third-order valence-corrected chi connectivity index (χ3v) is 5.54. The molecule has 1 unspecified atom stereocenters. The van der Waals surface area contributed by atoms with Crippen LogP contribution in [-0.4, -0.2) is 64.9 Å². The second-order valence-corrected chi connectivity index (χ2v) is 7.83. The summed E-state index contributed by atoms with van der Waals surface area (Å²) in [7, 11) is 0. The van der Waals surface area contributed by atoms with Crippen LogP contribution in [0.15, 0.2) is 58.5 Å². The smallest absolute Gasteiger partial charge is 0.252 e. The summed E-state index contributed by atoms with van der Waals surface area (Å²) < 4.78 is 18.8. The Morgan fingerprint density at radius 1 is 1.15 bits per heavy atom. The van der Waals surface area contributed by atoms with E-state index in [9.17, 15) is 18.8 Å². The number of morpholine rings is 1. The zero-order valence-electron chi connectivity index (χ0n) is 18.4. The number of amides is 1. The third-order valence-electron chi connectivity index (χ3n) is 5.54. The van der Waals surface area contributed by atoms with E-state index in [0.29, 0.717) is 38.5 Å². The third kappa shape index (κ3) is 5.54. The van der Waals surface area contributed by atoms with Crippen LogP contribution in [0.3, 0.4) is 0 Å². The van der Waals surface area contributed by atoms with E-state index in [0.717, 1.165) is 11.3 Å². The molecule has 2 N–H and O–H groups in total. The molecule has 0 aliphatic carbocycles. The van der Waals surface area contributed by atoms with E-state index in [1.54, 1.807) is 0 Å². The van der Waals surface area contributed by atoms with Crippen LogP contribution >= 0.6 is 0 Å². The number of carbonyl (C=O) groups is 1. The van der Waals surface area contributed by atoms with Crippen molar-refractivity contribution < 1.29 is 13.9 Å². The predicted octanol–water partition coefficient (Wildman–Crippen LogP) is 0.846. The van der Waals surface area contributed by atoms with Crippen LogP contribution in [0.25, 0.3) is 0 Å². The second kappa shape index (κ2) is 10.8. The maximum atomic E-state index is 13.5. The van der Waals surface area contributed by atoms with Crippen molar-refractivity contribution in [1.82, 2.24) is 19.9 Å². The molecular weight excluding hydrogens is 443 g/mol. The number of anilines is 2. The van der Waals surface area contributed by atoms with E-state index in [4.69, 9.17) is 4.74 Å². The fourth-order valence-corrected chi connectivity index (χ4v) is 3.99. The molecule has 2 aliphatic heterocycles. The van der Waals surface area contributed by atoms with Gasteiger partial charge in [-0.25, -0.2) is 14.4 Å². The van der Waals surface area contributed by atoms with Crippen LogP contribution in [-0.2, 0) is 22.4 Å². The van der Waals surface area contributed by atoms with Crippen molar-refractivity contribution in [2.45, 2.75) is 18.9 Å². The van der Waals surface area contributed by atoms with Gasteiger partial charge in [0.15, 0.2) is 0 Å². The Hall–Kier alpha value is -3.86. The van der Waals surface area contributed by atoms with Gasteiger partial charge in [0.25, 0.3) is 11.1 Å². The number of carbonyl (C=O) groups excluding carboxylic acids is 1. The number of H-pyrrole nitrogens is 2. The molecule has 34 heavy (non-hydrogen) atoms. The Labute approximate surface area is 194 Å². The quantitative estimate of drug-likeness (QED) is 0.582. The highest BCUT2D eigenvalue weighted by Crippen LogP contribution is 2.32. The first-order chi connectivity index (χ1) is 16.5. The molecule has 5 rings (SSSR count). The number of fused-ring (bicyclic) bond motifs is 1. The summed E-state index contributed by atoms with van der Waals surface area (Å²) in [6, 6.07) is 9.72. The first kappa shape index (κ1) is 23.3. The summed E-state index contributed by atoms with van der Waals surface area (Å²) in [5.41, 5.74) is 1.27. The standard InChI is InChI=1S/C19H21FN4O3.C4H4N2O/c20-12-14-9-13-3-1-2-4-15(13)24(14)19(26)10-16-21-17(11-18(25)22-16)23-5-7-27-8-6-23;7-4-1-2-5-3-6-4/h1-4,11,14H,5-10,12H2,(H,21,22,25);1-3H,(H,5,6,7). The second-order valence-electron chi connectivity index (χ2n) is 7.83. The lowest BCUT2D eigenvalue weighted by Gasteiger charge is -2.28. The van der Waals surface area contributed by atoms with Crippen molar-refractivity contribution >= 4 is 17.4 Å². The topological polar surface area (TPSA) is 124 Å². The predicted molar refractivity (Wildman–Crippen MR) is 124 cm³/mol. The van der Waals surface area contributed by atoms with Crippen molar-refractivity contribution in [2.24, 2.45) is 0 Å². The molecule has 1 aromatic carbocycles. The molecule has 1 fully saturated rings. The Bertz CT molecular complexity index is 1220. The van der Waals surface area contributed by atoms with Crippen molar-refractivity contribution in [3.8, 4) is 0 Å². The minimum absolute atomic E-state index is 0.0851. The van der Waals surface area contributed by atoms with E-state index in [-0.39, 0.29) is 29.3 Å². The Balaban J connectivity index is 0.000000336. The van der Waals surface area contributed by atoms with Gasteiger partial charge >= 0.3 is 0 Å². The number of para-hydroxylation sites is 1. The van der Waals surface area contributed by atoms with Gasteiger partial charge in [-0.1, -0.05) is 18.2 Å². The Morgan fingerprint density at radius 3 is 2.62 bits per heavy atom. The molecule has 0 bridgehead atoms. The maximum Gasteiger partial charge on any atom is 0.252 e. The normalized spacial score (nSPS) is 17.0. The molecule has 4 heterocycles. The fraction of sp³-hybridized carbons (Fsp3) is 0.348. The van der Waals surface area contributed by atoms with Crippen LogP contribution in [0.5, 0.6) is 0 Å². The van der Waals surface area contributed by atoms with Gasteiger partial charge in [0.2, 0.25) is 5.91 Å². The lowest BCUT2D eigenvalue weighted by molar-refractivity contribution is -0.118. The number of nitrogens with one attached hydrogen (secondary N) is 2. The number of halogens is 1. The average Bonchev–Trinajstić information content (AvgIpc) is 3.24. The van der Waals surface area contributed by atoms with Crippen molar-refractivity contribution in [3.63, 3.8) is 0 Å². The van der Waals surface area contributed by atoms with Crippen molar-refractivity contribution in [1.29, 1.82) is 0 Å².